The third kappa shape index (κ3) is 7.66. The molecule has 0 aliphatic carbocycles. The number of anilines is 1. The molecule has 0 radical (unpaired) electrons. The Balaban J connectivity index is 1.50. The van der Waals surface area contributed by atoms with Gasteiger partial charge in [-0.3, -0.25) is 14.4 Å². The van der Waals surface area contributed by atoms with Gasteiger partial charge in [0.25, 0.3) is 11.8 Å². The van der Waals surface area contributed by atoms with Crippen molar-refractivity contribution < 1.29 is 38.7 Å². The number of β-lactam (4-membered cyclic amide) rings is 1. The van der Waals surface area contributed by atoms with Crippen LogP contribution in [0.15, 0.2) is 32.2 Å². The Bertz CT molecular complexity index is 1470. The average molecular weight is 685 g/mol. The second kappa shape index (κ2) is 13.9. The van der Waals surface area contributed by atoms with Crippen molar-refractivity contribution in [2.45, 2.75) is 54.7 Å². The first-order valence-electron chi connectivity index (χ1n) is 12.8. The van der Waals surface area contributed by atoms with E-state index in [-0.39, 0.29) is 17.4 Å². The molecule has 4 heterocycles. The molecule has 2 aliphatic heterocycles. The van der Waals surface area contributed by atoms with Gasteiger partial charge in [0.2, 0.25) is 11.9 Å². The number of carboxylic acids is 1. The van der Waals surface area contributed by atoms with E-state index in [9.17, 15) is 29.1 Å². The maximum absolute atomic E-state index is 13.6. The lowest BCUT2D eigenvalue weighted by atomic mass is 9.87. The number of carbonyl (C=O) groups excluding carboxylic acids is 4. The van der Waals surface area contributed by atoms with E-state index in [1.165, 1.54) is 45.1 Å². The standard InChI is InChI=1S/C24H28N8O8S4/c1-12(5-25-21(38)39-23(2,3)4)40-31-15(14-9-42-20(28-14)26-10-33)16(34)29-24(19(36)37)17(35)32-6-13(7-41-18(24)32)8-43-22-30-27-11-44-22/h6,9-12,18H,5,7-8H2,1-4H3,(H,25,38)(H,29,34)(H,36,37)(H,26,28,33)/t12?,18-,24?/m0/s1. The number of fused-ring (bicyclic) bond motifs is 1. The summed E-state index contributed by atoms with van der Waals surface area (Å²) in [4.78, 5) is 73.1. The highest BCUT2D eigenvalue weighted by Gasteiger charge is 2.68. The van der Waals surface area contributed by atoms with Crippen LogP contribution in [0.2, 0.25) is 0 Å². The maximum atomic E-state index is 13.6. The molecule has 20 heteroatoms. The van der Waals surface area contributed by atoms with Gasteiger partial charge in [0.1, 0.15) is 28.3 Å². The summed E-state index contributed by atoms with van der Waals surface area (Å²) in [7, 11) is 0. The molecule has 0 aromatic carbocycles. The minimum Gasteiger partial charge on any atom is -0.479 e. The number of nitrogens with zero attached hydrogens (tertiary/aromatic N) is 5. The van der Waals surface area contributed by atoms with E-state index < -0.39 is 52.2 Å². The fourth-order valence-corrected chi connectivity index (χ4v) is 7.41. The number of oxime groups is 1. The van der Waals surface area contributed by atoms with Crippen molar-refractivity contribution in [2.24, 2.45) is 5.16 Å². The topological polar surface area (TPSA) is 214 Å². The molecular formula is C24H28N8O8S4. The number of hydrogen-bond acceptors (Lipinski definition) is 15. The van der Waals surface area contributed by atoms with Crippen LogP contribution in [0.25, 0.3) is 0 Å². The smallest absolute Gasteiger partial charge is 0.407 e. The number of carboxylic acid groups (broad SMARTS) is 1. The molecular weight excluding hydrogens is 657 g/mol. The highest BCUT2D eigenvalue weighted by Crippen LogP contribution is 2.44. The number of thiazole rings is 1. The Labute approximate surface area is 267 Å². The predicted molar refractivity (Wildman–Crippen MR) is 163 cm³/mol. The molecule has 16 nitrogen and oxygen atoms in total. The zero-order valence-corrected chi connectivity index (χ0v) is 27.0. The molecule has 1 saturated heterocycles. The monoisotopic (exact) mass is 684 g/mol. The molecule has 0 saturated carbocycles. The van der Waals surface area contributed by atoms with E-state index in [4.69, 9.17) is 9.57 Å². The normalized spacial score (nSPS) is 20.4. The van der Waals surface area contributed by atoms with Crippen molar-refractivity contribution in [1.29, 1.82) is 0 Å². The number of thioether (sulfide) groups is 2. The average Bonchev–Trinajstić information content (AvgIpc) is 3.65. The molecule has 2 aliphatic rings. The third-order valence-corrected chi connectivity index (χ3v) is 9.89. The lowest BCUT2D eigenvalue weighted by Gasteiger charge is -2.53. The Morgan fingerprint density at radius 3 is 2.77 bits per heavy atom. The number of aliphatic carboxylic acids is 1. The van der Waals surface area contributed by atoms with Crippen LogP contribution in [0.4, 0.5) is 9.93 Å². The molecule has 3 atom stereocenters. The van der Waals surface area contributed by atoms with E-state index in [1.807, 2.05) is 0 Å². The Morgan fingerprint density at radius 2 is 2.11 bits per heavy atom. The molecule has 44 heavy (non-hydrogen) atoms. The van der Waals surface area contributed by atoms with Gasteiger partial charge in [0, 0.05) is 23.1 Å². The number of amides is 4. The number of nitrogens with one attached hydrogen (secondary N) is 3. The molecule has 4 N–H and O–H groups in total. The van der Waals surface area contributed by atoms with Crippen LogP contribution >= 0.6 is 46.2 Å². The number of hydrogen-bond donors (Lipinski definition) is 4. The van der Waals surface area contributed by atoms with Crippen LogP contribution in [0.1, 0.15) is 33.4 Å². The first-order valence-corrected chi connectivity index (χ1v) is 16.6. The van der Waals surface area contributed by atoms with Gasteiger partial charge < -0.3 is 35.5 Å². The van der Waals surface area contributed by atoms with Gasteiger partial charge in [-0.25, -0.2) is 14.6 Å². The first kappa shape index (κ1) is 33.1. The highest BCUT2D eigenvalue weighted by molar-refractivity contribution is 8.01. The van der Waals surface area contributed by atoms with Gasteiger partial charge >= 0.3 is 12.1 Å². The van der Waals surface area contributed by atoms with Crippen molar-refractivity contribution >= 4 is 87.3 Å². The summed E-state index contributed by atoms with van der Waals surface area (Å²) in [5, 5.41) is 29.7. The van der Waals surface area contributed by atoms with Gasteiger partial charge in [0.15, 0.2) is 15.2 Å². The van der Waals surface area contributed by atoms with Gasteiger partial charge in [-0.05, 0) is 33.3 Å². The number of ether oxygens (including phenoxy) is 1. The second-order valence-corrected chi connectivity index (χ2v) is 14.2. The number of rotatable bonds is 13. The van der Waals surface area contributed by atoms with Crippen molar-refractivity contribution in [3.05, 3.63) is 28.4 Å². The summed E-state index contributed by atoms with van der Waals surface area (Å²) in [5.74, 6) is -2.46. The summed E-state index contributed by atoms with van der Waals surface area (Å²) in [5.41, 5.74) is -0.979. The maximum Gasteiger partial charge on any atom is 0.407 e. The lowest BCUT2D eigenvalue weighted by molar-refractivity contribution is -0.169. The molecule has 0 bridgehead atoms. The van der Waals surface area contributed by atoms with E-state index in [0.29, 0.717) is 17.9 Å². The van der Waals surface area contributed by atoms with E-state index in [1.54, 1.807) is 39.4 Å². The van der Waals surface area contributed by atoms with Crippen molar-refractivity contribution in [2.75, 3.05) is 23.4 Å². The minimum atomic E-state index is -2.28. The fraction of sp³-hybridized carbons (Fsp3) is 0.458. The molecule has 0 spiro atoms. The fourth-order valence-electron chi connectivity index (χ4n) is 3.80. The van der Waals surface area contributed by atoms with Crippen LogP contribution in [0, 0.1) is 0 Å². The van der Waals surface area contributed by atoms with E-state index in [2.05, 4.69) is 36.3 Å². The summed E-state index contributed by atoms with van der Waals surface area (Å²) >= 11 is 5.01. The van der Waals surface area contributed by atoms with Crippen LogP contribution in [-0.2, 0) is 28.8 Å². The zero-order chi connectivity index (χ0) is 32.1. The van der Waals surface area contributed by atoms with Gasteiger partial charge in [-0.15, -0.1) is 33.3 Å². The summed E-state index contributed by atoms with van der Waals surface area (Å²) in [6.45, 7) is 6.65. The Morgan fingerprint density at radius 1 is 1.34 bits per heavy atom. The zero-order valence-electron chi connectivity index (χ0n) is 23.8. The van der Waals surface area contributed by atoms with Crippen molar-refractivity contribution in [3.8, 4) is 0 Å². The second-order valence-electron chi connectivity index (χ2n) is 10.3. The highest BCUT2D eigenvalue weighted by atomic mass is 32.2. The molecule has 236 valence electrons. The number of carbonyl (C=O) groups is 5. The van der Waals surface area contributed by atoms with Crippen LogP contribution < -0.4 is 16.0 Å². The molecule has 4 rings (SSSR count). The number of aromatic nitrogens is 3. The quantitative estimate of drug-likeness (QED) is 0.0592. The summed E-state index contributed by atoms with van der Waals surface area (Å²) in [6, 6.07) is 0. The first-order chi connectivity index (χ1) is 20.8. The van der Waals surface area contributed by atoms with Crippen LogP contribution in [0.5, 0.6) is 0 Å². The molecule has 2 aromatic rings. The van der Waals surface area contributed by atoms with Crippen molar-refractivity contribution in [3.63, 3.8) is 0 Å². The summed E-state index contributed by atoms with van der Waals surface area (Å²) in [6.07, 6.45) is 0.549. The number of alkyl carbamates (subject to hydrolysis) is 1. The third-order valence-electron chi connectivity index (χ3n) is 5.71. The van der Waals surface area contributed by atoms with Crippen LogP contribution in [-0.4, -0.2) is 102 Å². The summed E-state index contributed by atoms with van der Waals surface area (Å²) < 4.78 is 5.94. The molecule has 4 amide bonds. The predicted octanol–water partition coefficient (Wildman–Crippen LogP) is 1.73. The van der Waals surface area contributed by atoms with E-state index >= 15 is 0 Å². The van der Waals surface area contributed by atoms with Gasteiger partial charge in [-0.1, -0.05) is 28.3 Å². The van der Waals surface area contributed by atoms with Crippen LogP contribution in [0.3, 0.4) is 0 Å². The minimum absolute atomic E-state index is 0.0412. The van der Waals surface area contributed by atoms with Gasteiger partial charge in [-0.2, -0.15) is 0 Å². The SMILES string of the molecule is CC(CNC(=O)OC(C)(C)C)ON=C(C(=O)NC1(C(=O)O)C(=O)N2C=C(CSc3nncs3)CS[C@H]21)c1csc(NC=O)n1. The van der Waals surface area contributed by atoms with Crippen molar-refractivity contribution in [1.82, 2.24) is 30.7 Å². The molecule has 2 unspecified atom stereocenters. The largest absolute Gasteiger partial charge is 0.479 e. The molecule has 1 fully saturated rings. The molecule has 2 aromatic heterocycles. The lowest BCUT2D eigenvalue weighted by Crippen LogP contribution is -2.82. The van der Waals surface area contributed by atoms with Gasteiger partial charge in [0.05, 0.1) is 6.54 Å². The Kier molecular flexibility index (Phi) is 10.5. The Hall–Kier alpha value is -3.75. The van der Waals surface area contributed by atoms with E-state index in [0.717, 1.165) is 21.2 Å².